The summed E-state index contributed by atoms with van der Waals surface area (Å²) in [7, 11) is 0. The minimum atomic E-state index is -1.07. The van der Waals surface area contributed by atoms with Gasteiger partial charge in [0.1, 0.15) is 22.1 Å². The van der Waals surface area contributed by atoms with Crippen LogP contribution in [0.5, 0.6) is 0 Å². The minimum absolute atomic E-state index is 0.0526. The molecule has 2 N–H and O–H groups in total. The number of carboxylic acid groups (broad SMARTS) is 1. The van der Waals surface area contributed by atoms with Crippen LogP contribution >= 0.6 is 34.5 Å². The first-order chi connectivity index (χ1) is 18.2. The largest absolute Gasteiger partial charge is 0.478 e. The van der Waals surface area contributed by atoms with Gasteiger partial charge in [0.15, 0.2) is 0 Å². The number of benzene rings is 1. The van der Waals surface area contributed by atoms with Crippen LogP contribution in [0.1, 0.15) is 76.7 Å². The Hall–Kier alpha value is -2.56. The van der Waals surface area contributed by atoms with Crippen LogP contribution in [-0.2, 0) is 16.9 Å². The Morgan fingerprint density at radius 1 is 1.18 bits per heavy atom. The molecule has 6 rings (SSSR count). The highest BCUT2D eigenvalue weighted by atomic mass is 35.5. The van der Waals surface area contributed by atoms with Crippen molar-refractivity contribution in [1.82, 2.24) is 15.1 Å². The zero-order valence-corrected chi connectivity index (χ0v) is 22.9. The number of pyridine rings is 1. The van der Waals surface area contributed by atoms with Crippen molar-refractivity contribution in [3.05, 3.63) is 62.0 Å². The molecule has 0 bridgehead atoms. The van der Waals surface area contributed by atoms with Gasteiger partial charge < -0.3 is 19.5 Å². The van der Waals surface area contributed by atoms with Gasteiger partial charge in [0.05, 0.1) is 38.5 Å². The first-order valence-electron chi connectivity index (χ1n) is 12.5. The van der Waals surface area contributed by atoms with Crippen LogP contribution < -0.4 is 0 Å². The number of carbonyl (C=O) groups is 1. The smallest absolute Gasteiger partial charge is 0.335 e. The molecular formula is C27H25Cl2N3O5S. The topological polar surface area (TPSA) is 119 Å². The van der Waals surface area contributed by atoms with Crippen molar-refractivity contribution in [3.8, 4) is 11.3 Å². The summed E-state index contributed by atoms with van der Waals surface area (Å²) in [6.45, 7) is 2.15. The third kappa shape index (κ3) is 4.71. The second-order valence-electron chi connectivity index (χ2n) is 10.1. The van der Waals surface area contributed by atoms with E-state index in [0.29, 0.717) is 64.5 Å². The van der Waals surface area contributed by atoms with Gasteiger partial charge in [0, 0.05) is 29.4 Å². The standard InChI is InChI=1S/C27H25Cl2N3O5S/c1-13-8-15(25(33)34)9-20-22(13)31-26(38-20)27(35)6-4-16(5-7-27)36-12-17-23(32-37-24(17)14-2-3-14)21-18(28)10-30-11-19(21)29/h8-11,14,16,35H,2-7,12H2,1H3,(H,33,34). The maximum absolute atomic E-state index is 11.5. The SMILES string of the molecule is Cc1cc(C(=O)O)cc2sc(C3(O)CCC(OCc4c(-c5c(Cl)cncc5Cl)noc4C4CC4)CC3)nc12. The van der Waals surface area contributed by atoms with E-state index in [0.717, 1.165) is 39.9 Å². The van der Waals surface area contributed by atoms with Crippen molar-refractivity contribution < 1.29 is 24.3 Å². The Bertz CT molecular complexity index is 1520. The van der Waals surface area contributed by atoms with Crippen LogP contribution in [-0.4, -0.2) is 37.4 Å². The van der Waals surface area contributed by atoms with Crippen molar-refractivity contribution in [1.29, 1.82) is 0 Å². The van der Waals surface area contributed by atoms with Crippen LogP contribution in [0.15, 0.2) is 29.0 Å². The van der Waals surface area contributed by atoms with E-state index in [1.807, 2.05) is 6.92 Å². The number of aryl methyl sites for hydroxylation is 1. The summed E-state index contributed by atoms with van der Waals surface area (Å²) < 4.78 is 12.8. The molecule has 2 fully saturated rings. The van der Waals surface area contributed by atoms with E-state index in [-0.39, 0.29) is 11.7 Å². The fourth-order valence-corrected chi connectivity index (χ4v) is 6.90. The number of fused-ring (bicyclic) bond motifs is 1. The molecule has 8 nitrogen and oxygen atoms in total. The zero-order valence-electron chi connectivity index (χ0n) is 20.5. The third-order valence-corrected chi connectivity index (χ3v) is 9.18. The van der Waals surface area contributed by atoms with E-state index in [1.54, 1.807) is 12.1 Å². The molecule has 0 radical (unpaired) electrons. The molecule has 0 amide bonds. The quantitative estimate of drug-likeness (QED) is 0.245. The van der Waals surface area contributed by atoms with Gasteiger partial charge in [0.25, 0.3) is 0 Å². The number of rotatable bonds is 7. The monoisotopic (exact) mass is 573 g/mol. The molecule has 198 valence electrons. The zero-order chi connectivity index (χ0) is 26.6. The van der Waals surface area contributed by atoms with Crippen molar-refractivity contribution in [2.45, 2.75) is 69.7 Å². The molecule has 2 saturated carbocycles. The summed E-state index contributed by atoms with van der Waals surface area (Å²) in [4.78, 5) is 20.2. The van der Waals surface area contributed by atoms with E-state index in [9.17, 15) is 15.0 Å². The van der Waals surface area contributed by atoms with Gasteiger partial charge in [-0.25, -0.2) is 9.78 Å². The Labute approximate surface area is 232 Å². The van der Waals surface area contributed by atoms with Gasteiger partial charge in [-0.05, 0) is 63.1 Å². The molecule has 0 saturated heterocycles. The minimum Gasteiger partial charge on any atom is -0.478 e. The molecule has 3 aromatic heterocycles. The number of thiazole rings is 1. The van der Waals surface area contributed by atoms with E-state index >= 15 is 0 Å². The molecular weight excluding hydrogens is 549 g/mol. The lowest BCUT2D eigenvalue weighted by Crippen LogP contribution is -2.34. The van der Waals surface area contributed by atoms with Crippen LogP contribution in [0.3, 0.4) is 0 Å². The number of nitrogens with zero attached hydrogens (tertiary/aromatic N) is 3. The Balaban J connectivity index is 1.18. The molecule has 2 aliphatic rings. The summed E-state index contributed by atoms with van der Waals surface area (Å²) >= 11 is 14.2. The molecule has 0 unspecified atom stereocenters. The third-order valence-electron chi connectivity index (χ3n) is 7.41. The van der Waals surface area contributed by atoms with Crippen molar-refractivity contribution in [2.75, 3.05) is 0 Å². The predicted molar refractivity (Wildman–Crippen MR) is 144 cm³/mol. The lowest BCUT2D eigenvalue weighted by Gasteiger charge is -2.34. The second-order valence-corrected chi connectivity index (χ2v) is 12.0. The van der Waals surface area contributed by atoms with Gasteiger partial charge >= 0.3 is 5.97 Å². The lowest BCUT2D eigenvalue weighted by atomic mass is 9.83. The fraction of sp³-hybridized carbons (Fsp3) is 0.407. The number of aliphatic hydroxyl groups is 1. The summed E-state index contributed by atoms with van der Waals surface area (Å²) in [5.41, 5.74) is 2.71. The normalized spacial score (nSPS) is 21.7. The summed E-state index contributed by atoms with van der Waals surface area (Å²) in [5, 5.41) is 26.6. The molecule has 3 heterocycles. The summed E-state index contributed by atoms with van der Waals surface area (Å²) in [5.74, 6) is 0.173. The second kappa shape index (κ2) is 9.88. The molecule has 4 aromatic rings. The number of aromatic nitrogens is 3. The van der Waals surface area contributed by atoms with Crippen LogP contribution in [0, 0.1) is 6.92 Å². The van der Waals surface area contributed by atoms with Gasteiger partial charge in [-0.3, -0.25) is 4.98 Å². The van der Waals surface area contributed by atoms with Gasteiger partial charge in [-0.15, -0.1) is 11.3 Å². The number of aromatic carboxylic acids is 1. The van der Waals surface area contributed by atoms with Gasteiger partial charge in [-0.2, -0.15) is 0 Å². The maximum atomic E-state index is 11.5. The maximum Gasteiger partial charge on any atom is 0.335 e. The van der Waals surface area contributed by atoms with Crippen molar-refractivity contribution >= 4 is 50.7 Å². The van der Waals surface area contributed by atoms with Crippen LogP contribution in [0.2, 0.25) is 10.0 Å². The molecule has 11 heteroatoms. The summed E-state index contributed by atoms with van der Waals surface area (Å²) in [6.07, 6.45) is 7.41. The summed E-state index contributed by atoms with van der Waals surface area (Å²) in [6, 6.07) is 3.24. The molecule has 0 spiro atoms. The first-order valence-corrected chi connectivity index (χ1v) is 14.1. The molecule has 38 heavy (non-hydrogen) atoms. The Morgan fingerprint density at radius 3 is 2.55 bits per heavy atom. The molecule has 0 atom stereocenters. The first kappa shape index (κ1) is 25.7. The van der Waals surface area contributed by atoms with E-state index in [2.05, 4.69) is 10.1 Å². The Morgan fingerprint density at radius 2 is 1.89 bits per heavy atom. The predicted octanol–water partition coefficient (Wildman–Crippen LogP) is 6.88. The molecule has 2 aliphatic carbocycles. The Kier molecular flexibility index (Phi) is 6.68. The highest BCUT2D eigenvalue weighted by molar-refractivity contribution is 7.18. The number of hydrogen-bond acceptors (Lipinski definition) is 8. The van der Waals surface area contributed by atoms with E-state index < -0.39 is 11.6 Å². The van der Waals surface area contributed by atoms with Crippen molar-refractivity contribution in [3.63, 3.8) is 0 Å². The van der Waals surface area contributed by atoms with E-state index in [4.69, 9.17) is 37.4 Å². The number of hydrogen-bond donors (Lipinski definition) is 2. The van der Waals surface area contributed by atoms with Crippen LogP contribution in [0.4, 0.5) is 0 Å². The fourth-order valence-electron chi connectivity index (χ4n) is 5.13. The highest BCUT2D eigenvalue weighted by Crippen LogP contribution is 2.47. The molecule has 0 aliphatic heterocycles. The lowest BCUT2D eigenvalue weighted by molar-refractivity contribution is -0.0640. The average molecular weight is 574 g/mol. The number of carboxylic acids is 1. The van der Waals surface area contributed by atoms with Crippen molar-refractivity contribution in [2.24, 2.45) is 0 Å². The van der Waals surface area contributed by atoms with Crippen LogP contribution in [0.25, 0.3) is 21.5 Å². The van der Waals surface area contributed by atoms with Gasteiger partial charge in [0.2, 0.25) is 0 Å². The highest BCUT2D eigenvalue weighted by Gasteiger charge is 2.39. The number of halogens is 2. The number of ether oxygens (including phenoxy) is 1. The van der Waals surface area contributed by atoms with E-state index in [1.165, 1.54) is 23.7 Å². The molecule has 1 aromatic carbocycles. The average Bonchev–Trinajstić information content (AvgIpc) is 3.48. The van der Waals surface area contributed by atoms with Gasteiger partial charge in [-0.1, -0.05) is 28.4 Å².